The van der Waals surface area contributed by atoms with Gasteiger partial charge in [-0.15, -0.1) is 0 Å². The fourth-order valence-corrected chi connectivity index (χ4v) is 0.671. The van der Waals surface area contributed by atoms with E-state index in [1.54, 1.807) is 0 Å². The van der Waals surface area contributed by atoms with Crippen molar-refractivity contribution in [1.82, 2.24) is 4.90 Å². The van der Waals surface area contributed by atoms with Crippen LogP contribution < -0.4 is 0 Å². The molecule has 0 N–H and O–H groups in total. The summed E-state index contributed by atoms with van der Waals surface area (Å²) in [6.07, 6.45) is 0. The molecule has 0 radical (unpaired) electrons. The van der Waals surface area contributed by atoms with E-state index in [2.05, 4.69) is 25.7 Å². The van der Waals surface area contributed by atoms with Crippen LogP contribution in [0, 0.1) is 0 Å². The van der Waals surface area contributed by atoms with Crippen molar-refractivity contribution in [1.29, 1.82) is 0 Å². The molecule has 0 aliphatic heterocycles. The van der Waals surface area contributed by atoms with Crippen LogP contribution in [-0.2, 0) is 0 Å². The molecule has 0 aromatic rings. The standard InChI is InChI=1S/C6H15N.Al.3H/c1-4-7(5-2)6-3;;;;/h4-6H2,1-3H3;;;;. The summed E-state index contributed by atoms with van der Waals surface area (Å²) in [7, 11) is 0. The van der Waals surface area contributed by atoms with Gasteiger partial charge in [-0.1, -0.05) is 20.8 Å². The van der Waals surface area contributed by atoms with Crippen molar-refractivity contribution in [2.24, 2.45) is 0 Å². The molecule has 0 rings (SSSR count). The van der Waals surface area contributed by atoms with Gasteiger partial charge < -0.3 is 4.90 Å². The van der Waals surface area contributed by atoms with Crippen LogP contribution in [0.4, 0.5) is 0 Å². The third-order valence-electron chi connectivity index (χ3n) is 1.34. The van der Waals surface area contributed by atoms with Gasteiger partial charge in [0.1, 0.15) is 0 Å². The lowest BCUT2D eigenvalue weighted by molar-refractivity contribution is 0.321. The molecule has 0 aromatic carbocycles. The summed E-state index contributed by atoms with van der Waals surface area (Å²) in [5, 5.41) is 0. The number of hydrogen-bond acceptors (Lipinski definition) is 1. The zero-order valence-electron chi connectivity index (χ0n) is 5.57. The number of rotatable bonds is 3. The predicted octanol–water partition coefficient (Wildman–Crippen LogP) is 0.164. The van der Waals surface area contributed by atoms with Crippen LogP contribution in [0.15, 0.2) is 0 Å². The van der Waals surface area contributed by atoms with Gasteiger partial charge in [0.15, 0.2) is 17.4 Å². The maximum atomic E-state index is 2.38. The Bertz CT molecular complexity index is 30.0. The minimum absolute atomic E-state index is 0. The highest BCUT2D eigenvalue weighted by Gasteiger charge is 1.89. The van der Waals surface area contributed by atoms with E-state index in [0.717, 1.165) is 0 Å². The maximum absolute atomic E-state index is 2.38. The van der Waals surface area contributed by atoms with Crippen molar-refractivity contribution < 1.29 is 0 Å². The van der Waals surface area contributed by atoms with E-state index in [1.165, 1.54) is 19.6 Å². The van der Waals surface area contributed by atoms with Crippen molar-refractivity contribution in [3.8, 4) is 0 Å². The van der Waals surface area contributed by atoms with Crippen molar-refractivity contribution >= 4 is 17.4 Å². The molecule has 2 heteroatoms. The lowest BCUT2D eigenvalue weighted by Crippen LogP contribution is -2.21. The Kier molecular flexibility index (Phi) is 10.6. The van der Waals surface area contributed by atoms with Crippen molar-refractivity contribution in [2.75, 3.05) is 19.6 Å². The number of nitrogens with zero attached hydrogens (tertiary/aromatic N) is 1. The molecule has 0 spiro atoms. The first-order valence-electron chi connectivity index (χ1n) is 3.07. The summed E-state index contributed by atoms with van der Waals surface area (Å²) >= 11 is 0. The molecular formula is C6H18AlN. The third kappa shape index (κ3) is 4.65. The summed E-state index contributed by atoms with van der Waals surface area (Å²) in [5.74, 6) is 0. The van der Waals surface area contributed by atoms with Crippen molar-refractivity contribution in [3.63, 3.8) is 0 Å². The van der Waals surface area contributed by atoms with Crippen molar-refractivity contribution in [3.05, 3.63) is 0 Å². The van der Waals surface area contributed by atoms with Crippen LogP contribution in [0.2, 0.25) is 0 Å². The predicted molar refractivity (Wildman–Crippen MR) is 43.4 cm³/mol. The average molecular weight is 131 g/mol. The first-order valence-corrected chi connectivity index (χ1v) is 3.07. The summed E-state index contributed by atoms with van der Waals surface area (Å²) in [6.45, 7) is 10.1. The Balaban J connectivity index is 0. The summed E-state index contributed by atoms with van der Waals surface area (Å²) < 4.78 is 0. The molecule has 0 atom stereocenters. The minimum atomic E-state index is 0. The van der Waals surface area contributed by atoms with E-state index < -0.39 is 0 Å². The van der Waals surface area contributed by atoms with Crippen LogP contribution in [0.25, 0.3) is 0 Å². The Morgan fingerprint density at radius 3 is 1.12 bits per heavy atom. The van der Waals surface area contributed by atoms with Gasteiger partial charge in [-0.05, 0) is 19.6 Å². The van der Waals surface area contributed by atoms with Gasteiger partial charge in [0.2, 0.25) is 0 Å². The highest BCUT2D eigenvalue weighted by molar-refractivity contribution is 5.75. The molecule has 0 unspecified atom stereocenters. The van der Waals surface area contributed by atoms with Crippen LogP contribution in [0.1, 0.15) is 20.8 Å². The van der Waals surface area contributed by atoms with Gasteiger partial charge >= 0.3 is 0 Å². The SMILES string of the molecule is CCN(CC)CC.[AlH3]. The third-order valence-corrected chi connectivity index (χ3v) is 1.34. The Morgan fingerprint density at radius 2 is 1.12 bits per heavy atom. The van der Waals surface area contributed by atoms with E-state index in [-0.39, 0.29) is 17.4 Å². The zero-order chi connectivity index (χ0) is 5.70. The molecule has 0 saturated heterocycles. The second kappa shape index (κ2) is 7.49. The summed E-state index contributed by atoms with van der Waals surface area (Å²) in [6, 6.07) is 0. The minimum Gasteiger partial charge on any atom is -0.304 e. The van der Waals surface area contributed by atoms with Crippen LogP contribution >= 0.6 is 0 Å². The molecule has 0 heterocycles. The van der Waals surface area contributed by atoms with Crippen LogP contribution in [0.5, 0.6) is 0 Å². The van der Waals surface area contributed by atoms with Crippen LogP contribution in [-0.4, -0.2) is 41.9 Å². The maximum Gasteiger partial charge on any atom is 0.187 e. The Hall–Kier alpha value is 0.492. The highest BCUT2D eigenvalue weighted by Crippen LogP contribution is 1.81. The molecule has 0 bridgehead atoms. The molecule has 0 aliphatic carbocycles. The zero-order valence-corrected chi connectivity index (χ0v) is 5.57. The molecule has 0 amide bonds. The normalized spacial score (nSPS) is 9.00. The van der Waals surface area contributed by atoms with Crippen LogP contribution in [0.3, 0.4) is 0 Å². The summed E-state index contributed by atoms with van der Waals surface area (Å²) in [5.41, 5.74) is 0. The summed E-state index contributed by atoms with van der Waals surface area (Å²) in [4.78, 5) is 2.38. The average Bonchev–Trinajstić information content (AvgIpc) is 1.72. The fourth-order valence-electron chi connectivity index (χ4n) is 0.671. The van der Waals surface area contributed by atoms with E-state index >= 15 is 0 Å². The molecule has 0 fully saturated rings. The monoisotopic (exact) mass is 131 g/mol. The molecule has 0 aromatic heterocycles. The molecule has 1 nitrogen and oxygen atoms in total. The molecule has 50 valence electrons. The second-order valence-electron chi connectivity index (χ2n) is 1.62. The van der Waals surface area contributed by atoms with Gasteiger partial charge in [-0.3, -0.25) is 0 Å². The largest absolute Gasteiger partial charge is 0.304 e. The Labute approximate surface area is 63.2 Å². The second-order valence-corrected chi connectivity index (χ2v) is 1.62. The Morgan fingerprint density at radius 1 is 0.875 bits per heavy atom. The first-order chi connectivity index (χ1) is 3.35. The molecule has 0 saturated carbocycles. The van der Waals surface area contributed by atoms with E-state index in [9.17, 15) is 0 Å². The molecule has 0 aliphatic rings. The molecular weight excluding hydrogens is 113 g/mol. The van der Waals surface area contributed by atoms with E-state index in [1.807, 2.05) is 0 Å². The van der Waals surface area contributed by atoms with Crippen molar-refractivity contribution in [2.45, 2.75) is 20.8 Å². The topological polar surface area (TPSA) is 3.24 Å². The smallest absolute Gasteiger partial charge is 0.187 e. The van der Waals surface area contributed by atoms with Gasteiger partial charge in [0, 0.05) is 0 Å². The van der Waals surface area contributed by atoms with Gasteiger partial charge in [-0.25, -0.2) is 0 Å². The van der Waals surface area contributed by atoms with Gasteiger partial charge in [0.05, 0.1) is 0 Å². The fraction of sp³-hybridized carbons (Fsp3) is 1.00. The molecule has 8 heavy (non-hydrogen) atoms. The first kappa shape index (κ1) is 11.3. The van der Waals surface area contributed by atoms with Gasteiger partial charge in [-0.2, -0.15) is 0 Å². The van der Waals surface area contributed by atoms with Gasteiger partial charge in [0.25, 0.3) is 0 Å². The van der Waals surface area contributed by atoms with E-state index in [4.69, 9.17) is 0 Å². The number of hydrogen-bond donors (Lipinski definition) is 0. The lowest BCUT2D eigenvalue weighted by atomic mass is 10.5. The lowest BCUT2D eigenvalue weighted by Gasteiger charge is -2.13. The quantitative estimate of drug-likeness (QED) is 0.493. The highest BCUT2D eigenvalue weighted by atomic mass is 27.0. The van der Waals surface area contributed by atoms with E-state index in [0.29, 0.717) is 0 Å².